The van der Waals surface area contributed by atoms with E-state index in [0.29, 0.717) is 18.7 Å². The zero-order valence-electron chi connectivity index (χ0n) is 15.9. The Bertz CT molecular complexity index is 942. The van der Waals surface area contributed by atoms with Gasteiger partial charge < -0.3 is 10.5 Å². The molecule has 0 amide bonds. The normalized spacial score (nSPS) is 17.0. The Balaban J connectivity index is 1.61. The number of alkyl halides is 6. The minimum Gasteiger partial charge on any atom is -0.596 e. The summed E-state index contributed by atoms with van der Waals surface area (Å²) in [5.41, 5.74) is 0.818. The Morgan fingerprint density at radius 3 is 2.29 bits per heavy atom. The average Bonchev–Trinajstić information content (AvgIpc) is 3.05. The van der Waals surface area contributed by atoms with E-state index in [4.69, 9.17) is 0 Å². The number of nitrogens with one attached hydrogen (secondary N) is 2. The van der Waals surface area contributed by atoms with Crippen LogP contribution in [0.4, 0.5) is 32.0 Å². The van der Waals surface area contributed by atoms with Gasteiger partial charge in [0.05, 0.1) is 16.8 Å². The van der Waals surface area contributed by atoms with Gasteiger partial charge in [-0.25, -0.2) is 0 Å². The van der Waals surface area contributed by atoms with E-state index in [0.717, 1.165) is 23.5 Å². The molecule has 0 spiro atoms. The molecule has 0 saturated heterocycles. The Morgan fingerprint density at radius 2 is 1.68 bits per heavy atom. The van der Waals surface area contributed by atoms with Gasteiger partial charge in [0.1, 0.15) is 0 Å². The summed E-state index contributed by atoms with van der Waals surface area (Å²) in [5.74, 6) is 0. The van der Waals surface area contributed by atoms with Gasteiger partial charge >= 0.3 is 12.4 Å². The fourth-order valence-electron chi connectivity index (χ4n) is 3.43. The minimum absolute atomic E-state index is 0.00589. The highest BCUT2D eigenvalue weighted by Crippen LogP contribution is 2.37. The molecule has 31 heavy (non-hydrogen) atoms. The van der Waals surface area contributed by atoms with Gasteiger partial charge in [0.15, 0.2) is 6.21 Å². The van der Waals surface area contributed by atoms with Crippen LogP contribution in [0.25, 0.3) is 0 Å². The summed E-state index contributed by atoms with van der Waals surface area (Å²) < 4.78 is 78.3. The number of hydrazone groups is 1. The maximum absolute atomic E-state index is 12.9. The molecule has 2 aromatic carbocycles. The Kier molecular flexibility index (Phi) is 6.85. The predicted octanol–water partition coefficient (Wildman–Crippen LogP) is 6.06. The predicted molar refractivity (Wildman–Crippen MR) is 108 cm³/mol. The van der Waals surface area contributed by atoms with Crippen molar-refractivity contribution in [2.24, 2.45) is 0 Å². The van der Waals surface area contributed by atoms with Crippen molar-refractivity contribution in [3.63, 3.8) is 0 Å². The number of fused-ring (bicyclic) bond motifs is 1. The second-order valence-corrected chi connectivity index (χ2v) is 8.01. The summed E-state index contributed by atoms with van der Waals surface area (Å²) in [5, 5.41) is 15.2. The molecule has 1 aliphatic rings. The quantitative estimate of drug-likeness (QED) is 0.124. The fourth-order valence-corrected chi connectivity index (χ4v) is 3.84. The SMILES string of the molecule is [O-]/[N+](=C/CCNC1CCc2cc(Br)ccc21)Nc1cc(C(F)(F)F)cc(C(F)(F)F)c1. The molecule has 2 aromatic rings. The summed E-state index contributed by atoms with van der Waals surface area (Å²) in [6.45, 7) is 0.414. The number of halogens is 7. The monoisotopic (exact) mass is 509 g/mol. The third-order valence-corrected chi connectivity index (χ3v) is 5.33. The van der Waals surface area contributed by atoms with Crippen LogP contribution in [0.15, 0.2) is 40.9 Å². The van der Waals surface area contributed by atoms with Crippen LogP contribution >= 0.6 is 15.9 Å². The molecule has 1 unspecified atom stereocenters. The lowest BCUT2D eigenvalue weighted by Crippen LogP contribution is -2.22. The number of hydrogen-bond donors (Lipinski definition) is 2. The summed E-state index contributed by atoms with van der Waals surface area (Å²) in [6, 6.07) is 7.06. The minimum atomic E-state index is -4.98. The van der Waals surface area contributed by atoms with E-state index < -0.39 is 29.2 Å². The highest BCUT2D eigenvalue weighted by Gasteiger charge is 2.37. The lowest BCUT2D eigenvalue weighted by atomic mass is 10.1. The zero-order valence-corrected chi connectivity index (χ0v) is 17.5. The van der Waals surface area contributed by atoms with E-state index in [9.17, 15) is 31.5 Å². The van der Waals surface area contributed by atoms with Crippen molar-refractivity contribution < 1.29 is 31.2 Å². The lowest BCUT2D eigenvalue weighted by molar-refractivity contribution is -0.418. The van der Waals surface area contributed by atoms with Crippen molar-refractivity contribution >= 4 is 27.8 Å². The second-order valence-electron chi connectivity index (χ2n) is 7.09. The van der Waals surface area contributed by atoms with E-state index in [1.54, 1.807) is 0 Å². The maximum atomic E-state index is 12.9. The zero-order chi connectivity index (χ0) is 22.8. The first-order valence-electron chi connectivity index (χ1n) is 9.31. The number of benzene rings is 2. The van der Waals surface area contributed by atoms with E-state index in [2.05, 4.69) is 27.3 Å². The molecule has 168 valence electrons. The first-order valence-corrected chi connectivity index (χ1v) is 10.1. The van der Waals surface area contributed by atoms with Gasteiger partial charge in [0, 0.05) is 23.5 Å². The van der Waals surface area contributed by atoms with Gasteiger partial charge in [0.25, 0.3) is 0 Å². The molecule has 0 fully saturated rings. The molecule has 0 aliphatic heterocycles. The van der Waals surface area contributed by atoms with Crippen molar-refractivity contribution in [3.05, 3.63) is 68.3 Å². The van der Waals surface area contributed by atoms with Gasteiger partial charge in [-0.15, -0.1) is 0 Å². The highest BCUT2D eigenvalue weighted by atomic mass is 79.9. The van der Waals surface area contributed by atoms with E-state index in [1.807, 2.05) is 17.6 Å². The maximum Gasteiger partial charge on any atom is 0.416 e. The molecule has 3 rings (SSSR count). The van der Waals surface area contributed by atoms with Crippen LogP contribution in [0.5, 0.6) is 0 Å². The van der Waals surface area contributed by atoms with Gasteiger partial charge in [-0.05, 0) is 54.3 Å². The molecule has 4 nitrogen and oxygen atoms in total. The first-order chi connectivity index (χ1) is 14.4. The van der Waals surface area contributed by atoms with Crippen molar-refractivity contribution in [1.29, 1.82) is 0 Å². The molecule has 1 aliphatic carbocycles. The standard InChI is InChI=1S/C20H18BrF6N3O/c21-15-3-4-17-12(8-15)2-5-18(17)28-6-1-7-30(31)29-16-10-13(19(22,23)24)9-14(11-16)20(25,26)27/h3-4,7-11,18,28-29H,1-2,5-6H2/b30-7+. The number of anilines is 1. The summed E-state index contributed by atoms with van der Waals surface area (Å²) in [7, 11) is 0. The van der Waals surface area contributed by atoms with Crippen LogP contribution in [0.2, 0.25) is 0 Å². The molecule has 0 saturated carbocycles. The van der Waals surface area contributed by atoms with Gasteiger partial charge in [-0.2, -0.15) is 31.8 Å². The molecular formula is C20H18BrF6N3O. The van der Waals surface area contributed by atoms with Crippen molar-refractivity contribution in [2.75, 3.05) is 12.0 Å². The smallest absolute Gasteiger partial charge is 0.416 e. The van der Waals surface area contributed by atoms with Gasteiger partial charge in [0.2, 0.25) is 0 Å². The van der Waals surface area contributed by atoms with E-state index in [1.165, 1.54) is 11.1 Å². The summed E-state index contributed by atoms with van der Waals surface area (Å²) in [4.78, 5) is 0.108. The van der Waals surface area contributed by atoms with E-state index >= 15 is 0 Å². The summed E-state index contributed by atoms with van der Waals surface area (Å²) >= 11 is 3.42. The second kappa shape index (κ2) is 9.07. The molecule has 2 N–H and O–H groups in total. The van der Waals surface area contributed by atoms with Crippen LogP contribution in [0.3, 0.4) is 0 Å². The number of aryl methyl sites for hydroxylation is 1. The number of hydrazine groups is 1. The third kappa shape index (κ3) is 6.13. The van der Waals surface area contributed by atoms with Crippen molar-refractivity contribution in [1.82, 2.24) is 5.32 Å². The van der Waals surface area contributed by atoms with Crippen LogP contribution in [0, 0.1) is 5.21 Å². The number of nitrogens with zero attached hydrogens (tertiary/aromatic N) is 1. The molecule has 0 bridgehead atoms. The molecule has 11 heteroatoms. The largest absolute Gasteiger partial charge is 0.596 e. The lowest BCUT2D eigenvalue weighted by Gasteiger charge is -2.15. The highest BCUT2D eigenvalue weighted by molar-refractivity contribution is 9.10. The topological polar surface area (TPSA) is 50.1 Å². The van der Waals surface area contributed by atoms with Gasteiger partial charge in [-0.1, -0.05) is 26.8 Å². The van der Waals surface area contributed by atoms with Crippen LogP contribution in [0.1, 0.15) is 41.1 Å². The van der Waals surface area contributed by atoms with E-state index in [-0.39, 0.29) is 23.4 Å². The fraction of sp³-hybridized carbons (Fsp3) is 0.350. The van der Waals surface area contributed by atoms with Crippen LogP contribution < -0.4 is 10.7 Å². The Hall–Kier alpha value is -2.27. The van der Waals surface area contributed by atoms with Crippen molar-refractivity contribution in [3.8, 4) is 0 Å². The third-order valence-electron chi connectivity index (χ3n) is 4.84. The Labute approximate surface area is 182 Å². The summed E-state index contributed by atoms with van der Waals surface area (Å²) in [6.07, 6.45) is -6.81. The van der Waals surface area contributed by atoms with Crippen LogP contribution in [-0.2, 0) is 18.8 Å². The van der Waals surface area contributed by atoms with Crippen LogP contribution in [-0.4, -0.2) is 17.6 Å². The number of rotatable bonds is 6. The molecular weight excluding hydrogens is 492 g/mol. The van der Waals surface area contributed by atoms with Crippen molar-refractivity contribution in [2.45, 2.75) is 37.7 Å². The first kappa shape index (κ1) is 23.4. The average molecular weight is 510 g/mol. The number of hydrogen-bond acceptors (Lipinski definition) is 3. The molecule has 0 aromatic heterocycles. The molecule has 1 atom stereocenters. The molecule has 0 radical (unpaired) electrons. The Morgan fingerprint density at radius 1 is 1.03 bits per heavy atom. The molecule has 0 heterocycles. The van der Waals surface area contributed by atoms with Gasteiger partial charge in [-0.3, -0.25) is 0 Å².